The quantitative estimate of drug-likeness (QED) is 0.707. The molecule has 2 aliphatic heterocycles. The monoisotopic (exact) mass is 229 g/mol. The van der Waals surface area contributed by atoms with Gasteiger partial charge in [0.25, 0.3) is 0 Å². The molecule has 2 heterocycles. The van der Waals surface area contributed by atoms with Crippen LogP contribution in [0.15, 0.2) is 24.3 Å². The molecule has 3 fully saturated rings. The van der Waals surface area contributed by atoms with E-state index in [0.717, 1.165) is 11.8 Å². The molecule has 1 aromatic rings. The average molecular weight is 229 g/mol. The summed E-state index contributed by atoms with van der Waals surface area (Å²) in [6.07, 6.45) is 2.96. The van der Waals surface area contributed by atoms with Crippen molar-refractivity contribution in [2.45, 2.75) is 39.0 Å². The Morgan fingerprint density at radius 2 is 1.71 bits per heavy atom. The normalized spacial score (nSPS) is 27.8. The molecule has 2 saturated heterocycles. The fourth-order valence-corrected chi connectivity index (χ4v) is 3.25. The molecule has 17 heavy (non-hydrogen) atoms. The van der Waals surface area contributed by atoms with Gasteiger partial charge in [0.05, 0.1) is 0 Å². The SMILES string of the molecule is CC(C)(C)c1cccc(N2CC3CC(C3)C2)c1. The van der Waals surface area contributed by atoms with Gasteiger partial charge < -0.3 is 4.90 Å². The number of benzene rings is 1. The Balaban J connectivity index is 1.83. The van der Waals surface area contributed by atoms with Crippen LogP contribution < -0.4 is 4.90 Å². The van der Waals surface area contributed by atoms with Gasteiger partial charge in [-0.1, -0.05) is 32.9 Å². The van der Waals surface area contributed by atoms with Crippen molar-refractivity contribution in [3.8, 4) is 0 Å². The van der Waals surface area contributed by atoms with Gasteiger partial charge in [-0.3, -0.25) is 0 Å². The lowest BCUT2D eigenvalue weighted by atomic mass is 9.71. The Morgan fingerprint density at radius 3 is 2.29 bits per heavy atom. The summed E-state index contributed by atoms with van der Waals surface area (Å²) < 4.78 is 0. The van der Waals surface area contributed by atoms with Gasteiger partial charge in [-0.2, -0.15) is 0 Å². The molecule has 0 atom stereocenters. The van der Waals surface area contributed by atoms with Crippen molar-refractivity contribution in [1.82, 2.24) is 0 Å². The first kappa shape index (κ1) is 11.1. The van der Waals surface area contributed by atoms with Crippen molar-refractivity contribution < 1.29 is 0 Å². The van der Waals surface area contributed by atoms with Gasteiger partial charge in [-0.25, -0.2) is 0 Å². The van der Waals surface area contributed by atoms with Gasteiger partial charge in [0, 0.05) is 18.8 Å². The van der Waals surface area contributed by atoms with E-state index in [1.165, 1.54) is 37.2 Å². The largest absolute Gasteiger partial charge is 0.371 e. The fourth-order valence-electron chi connectivity index (χ4n) is 3.25. The second kappa shape index (κ2) is 3.76. The number of piperidine rings is 2. The van der Waals surface area contributed by atoms with Crippen LogP contribution in [0.5, 0.6) is 0 Å². The van der Waals surface area contributed by atoms with Crippen molar-refractivity contribution in [2.24, 2.45) is 11.8 Å². The topological polar surface area (TPSA) is 3.24 Å². The van der Waals surface area contributed by atoms with Crippen LogP contribution in [-0.4, -0.2) is 13.1 Å². The Morgan fingerprint density at radius 1 is 1.06 bits per heavy atom. The van der Waals surface area contributed by atoms with E-state index in [1.807, 2.05) is 0 Å². The zero-order valence-corrected chi connectivity index (χ0v) is 11.2. The van der Waals surface area contributed by atoms with Gasteiger partial charge in [0.15, 0.2) is 0 Å². The van der Waals surface area contributed by atoms with Crippen molar-refractivity contribution in [1.29, 1.82) is 0 Å². The maximum Gasteiger partial charge on any atom is 0.0369 e. The highest BCUT2D eigenvalue weighted by molar-refractivity contribution is 5.51. The Bertz CT molecular complexity index is 400. The van der Waals surface area contributed by atoms with Crippen molar-refractivity contribution in [2.75, 3.05) is 18.0 Å². The third-order valence-corrected chi connectivity index (χ3v) is 4.37. The molecule has 0 radical (unpaired) electrons. The number of anilines is 1. The summed E-state index contributed by atoms with van der Waals surface area (Å²) in [5.74, 6) is 1.96. The molecule has 1 saturated carbocycles. The molecule has 3 aliphatic rings. The van der Waals surface area contributed by atoms with Crippen LogP contribution >= 0.6 is 0 Å². The maximum absolute atomic E-state index is 2.59. The summed E-state index contributed by atoms with van der Waals surface area (Å²) in [5, 5.41) is 0. The third-order valence-electron chi connectivity index (χ3n) is 4.37. The van der Waals surface area contributed by atoms with E-state index < -0.39 is 0 Å². The minimum absolute atomic E-state index is 0.259. The van der Waals surface area contributed by atoms with Crippen molar-refractivity contribution in [3.05, 3.63) is 29.8 Å². The van der Waals surface area contributed by atoms with E-state index in [2.05, 4.69) is 49.9 Å². The first-order valence-electron chi connectivity index (χ1n) is 6.88. The Hall–Kier alpha value is -0.980. The molecule has 1 aromatic carbocycles. The highest BCUT2D eigenvalue weighted by Gasteiger charge is 2.37. The number of rotatable bonds is 1. The van der Waals surface area contributed by atoms with Crippen LogP contribution in [0.25, 0.3) is 0 Å². The van der Waals surface area contributed by atoms with Crippen molar-refractivity contribution in [3.63, 3.8) is 0 Å². The zero-order valence-electron chi connectivity index (χ0n) is 11.2. The summed E-state index contributed by atoms with van der Waals surface area (Å²) in [4.78, 5) is 2.59. The first-order valence-corrected chi connectivity index (χ1v) is 6.88. The summed E-state index contributed by atoms with van der Waals surface area (Å²) in [7, 11) is 0. The van der Waals surface area contributed by atoms with E-state index in [1.54, 1.807) is 0 Å². The summed E-state index contributed by atoms with van der Waals surface area (Å²) >= 11 is 0. The van der Waals surface area contributed by atoms with Crippen LogP contribution in [0.3, 0.4) is 0 Å². The second-order valence-corrected chi connectivity index (χ2v) is 6.91. The molecule has 1 aliphatic carbocycles. The van der Waals surface area contributed by atoms with Gasteiger partial charge in [0.2, 0.25) is 0 Å². The lowest BCUT2D eigenvalue weighted by Crippen LogP contribution is -2.48. The maximum atomic E-state index is 2.59. The number of nitrogens with zero attached hydrogens (tertiary/aromatic N) is 1. The third kappa shape index (κ3) is 2.08. The van der Waals surface area contributed by atoms with E-state index in [4.69, 9.17) is 0 Å². The molecule has 0 unspecified atom stereocenters. The number of hydrogen-bond acceptors (Lipinski definition) is 1. The van der Waals surface area contributed by atoms with E-state index in [9.17, 15) is 0 Å². The van der Waals surface area contributed by atoms with Gasteiger partial charge in [-0.15, -0.1) is 0 Å². The average Bonchev–Trinajstić information content (AvgIpc) is 2.27. The van der Waals surface area contributed by atoms with Crippen LogP contribution in [0.4, 0.5) is 5.69 Å². The molecule has 1 heteroatoms. The van der Waals surface area contributed by atoms with Gasteiger partial charge >= 0.3 is 0 Å². The molecule has 92 valence electrons. The van der Waals surface area contributed by atoms with E-state index in [0.29, 0.717) is 0 Å². The van der Waals surface area contributed by atoms with Gasteiger partial charge in [0.1, 0.15) is 0 Å². The number of fused-ring (bicyclic) bond motifs is 2. The predicted molar refractivity (Wildman–Crippen MR) is 73.6 cm³/mol. The molecule has 0 N–H and O–H groups in total. The van der Waals surface area contributed by atoms with Crippen LogP contribution in [0.2, 0.25) is 0 Å². The molecule has 0 spiro atoms. The molecular formula is C16H23N. The predicted octanol–water partition coefficient (Wildman–Crippen LogP) is 3.83. The molecule has 0 aromatic heterocycles. The summed E-state index contributed by atoms with van der Waals surface area (Å²) in [6, 6.07) is 9.15. The van der Waals surface area contributed by atoms with Gasteiger partial charge in [-0.05, 0) is 47.8 Å². The smallest absolute Gasteiger partial charge is 0.0369 e. The minimum Gasteiger partial charge on any atom is -0.371 e. The van der Waals surface area contributed by atoms with Crippen LogP contribution in [-0.2, 0) is 5.41 Å². The summed E-state index contributed by atoms with van der Waals surface area (Å²) in [6.45, 7) is 9.44. The molecule has 1 nitrogen and oxygen atoms in total. The van der Waals surface area contributed by atoms with Crippen LogP contribution in [0, 0.1) is 11.8 Å². The lowest BCUT2D eigenvalue weighted by molar-refractivity contribution is 0.159. The van der Waals surface area contributed by atoms with E-state index in [-0.39, 0.29) is 5.41 Å². The summed E-state index contributed by atoms with van der Waals surface area (Å²) in [5.41, 5.74) is 3.15. The fraction of sp³-hybridized carbons (Fsp3) is 0.625. The lowest BCUT2D eigenvalue weighted by Gasteiger charge is -2.48. The highest BCUT2D eigenvalue weighted by Crippen LogP contribution is 2.41. The zero-order chi connectivity index (χ0) is 12.0. The number of hydrogen-bond donors (Lipinski definition) is 0. The molecule has 0 amide bonds. The second-order valence-electron chi connectivity index (χ2n) is 6.91. The minimum atomic E-state index is 0.259. The molecule has 2 bridgehead atoms. The molecular weight excluding hydrogens is 206 g/mol. The van der Waals surface area contributed by atoms with Crippen molar-refractivity contribution >= 4 is 5.69 Å². The standard InChI is InChI=1S/C16H23N/c1-16(2,3)14-5-4-6-15(9-14)17-10-12-7-13(8-12)11-17/h4-6,9,12-13H,7-8,10-11H2,1-3H3. The Kier molecular flexibility index (Phi) is 2.46. The highest BCUT2D eigenvalue weighted by atomic mass is 15.2. The van der Waals surface area contributed by atoms with E-state index >= 15 is 0 Å². The Labute approximate surface area is 105 Å². The van der Waals surface area contributed by atoms with Crippen LogP contribution in [0.1, 0.15) is 39.2 Å². The first-order chi connectivity index (χ1) is 8.02. The molecule has 4 rings (SSSR count).